The summed E-state index contributed by atoms with van der Waals surface area (Å²) in [5.74, 6) is -0.0262. The highest BCUT2D eigenvalue weighted by Crippen LogP contribution is 2.11. The van der Waals surface area contributed by atoms with Crippen LogP contribution in [0.2, 0.25) is 0 Å². The van der Waals surface area contributed by atoms with Crippen molar-refractivity contribution in [2.75, 3.05) is 5.32 Å². The number of benzene rings is 2. The predicted molar refractivity (Wildman–Crippen MR) is 105 cm³/mol. The zero-order chi connectivity index (χ0) is 19.1. The van der Waals surface area contributed by atoms with Gasteiger partial charge in [0.1, 0.15) is 0 Å². The summed E-state index contributed by atoms with van der Waals surface area (Å²) in [6.07, 6.45) is 0.467. The smallest absolute Gasteiger partial charge is 0.271 e. The third kappa shape index (κ3) is 5.84. The Morgan fingerprint density at radius 1 is 0.962 bits per heavy atom. The molecule has 136 valence electrons. The van der Waals surface area contributed by atoms with Crippen LogP contribution in [-0.4, -0.2) is 17.5 Å². The molecule has 0 aliphatic rings. The summed E-state index contributed by atoms with van der Waals surface area (Å²) in [6, 6.07) is 14.7. The molecule has 26 heavy (non-hydrogen) atoms. The molecule has 0 heterocycles. The van der Waals surface area contributed by atoms with Crippen LogP contribution < -0.4 is 10.7 Å². The molecule has 5 heteroatoms. The molecule has 0 atom stereocenters. The number of hydrogen-bond donors (Lipinski definition) is 2. The van der Waals surface area contributed by atoms with Gasteiger partial charge in [-0.1, -0.05) is 43.7 Å². The second kappa shape index (κ2) is 8.94. The van der Waals surface area contributed by atoms with Gasteiger partial charge in [-0.25, -0.2) is 5.43 Å². The maximum Gasteiger partial charge on any atom is 0.271 e. The van der Waals surface area contributed by atoms with Crippen LogP contribution in [0.1, 0.15) is 48.7 Å². The normalized spacial score (nSPS) is 11.3. The van der Waals surface area contributed by atoms with E-state index in [9.17, 15) is 9.59 Å². The van der Waals surface area contributed by atoms with Gasteiger partial charge in [0.2, 0.25) is 5.91 Å². The molecule has 0 aromatic heterocycles. The molecule has 2 aromatic carbocycles. The molecule has 2 rings (SSSR count). The Morgan fingerprint density at radius 3 is 2.12 bits per heavy atom. The third-order valence-electron chi connectivity index (χ3n) is 3.82. The zero-order valence-corrected chi connectivity index (χ0v) is 15.7. The van der Waals surface area contributed by atoms with Crippen molar-refractivity contribution < 1.29 is 9.59 Å². The van der Waals surface area contributed by atoms with Gasteiger partial charge in [-0.2, -0.15) is 5.10 Å². The van der Waals surface area contributed by atoms with Crippen LogP contribution in [0.4, 0.5) is 5.69 Å². The lowest BCUT2D eigenvalue weighted by Gasteiger charge is -2.08. The van der Waals surface area contributed by atoms with E-state index in [-0.39, 0.29) is 11.8 Å². The van der Waals surface area contributed by atoms with E-state index in [2.05, 4.69) is 15.8 Å². The molecular weight excluding hydrogens is 326 g/mol. The average Bonchev–Trinajstić information content (AvgIpc) is 2.60. The summed E-state index contributed by atoms with van der Waals surface area (Å²) < 4.78 is 0. The van der Waals surface area contributed by atoms with Gasteiger partial charge in [0, 0.05) is 17.7 Å². The maximum atomic E-state index is 12.2. The molecule has 0 bridgehead atoms. The van der Waals surface area contributed by atoms with Gasteiger partial charge >= 0.3 is 0 Å². The fraction of sp³-hybridized carbons (Fsp3) is 0.286. The molecule has 0 aliphatic heterocycles. The van der Waals surface area contributed by atoms with Crippen LogP contribution in [0.5, 0.6) is 0 Å². The topological polar surface area (TPSA) is 70.6 Å². The molecule has 2 aromatic rings. The van der Waals surface area contributed by atoms with Crippen molar-refractivity contribution in [1.82, 2.24) is 5.43 Å². The van der Waals surface area contributed by atoms with Crippen LogP contribution in [0.15, 0.2) is 53.6 Å². The molecule has 0 spiro atoms. The van der Waals surface area contributed by atoms with E-state index in [4.69, 9.17) is 0 Å². The van der Waals surface area contributed by atoms with E-state index < -0.39 is 0 Å². The van der Waals surface area contributed by atoms with E-state index in [1.54, 1.807) is 24.3 Å². The standard InChI is InChI=1S/C21H25N3O2/c1-14(2)13-20(25)22-19-11-9-18(10-12-19)21(26)24-23-16(4)17-7-5-15(3)6-8-17/h5-12,14H,13H2,1-4H3,(H,22,25)(H,24,26). The number of carbonyl (C=O) groups is 2. The number of nitrogens with zero attached hydrogens (tertiary/aromatic N) is 1. The van der Waals surface area contributed by atoms with Crippen LogP contribution >= 0.6 is 0 Å². The monoisotopic (exact) mass is 351 g/mol. The Morgan fingerprint density at radius 2 is 1.54 bits per heavy atom. The highest BCUT2D eigenvalue weighted by Gasteiger charge is 2.08. The number of rotatable bonds is 6. The molecule has 5 nitrogen and oxygen atoms in total. The first-order chi connectivity index (χ1) is 12.3. The number of amides is 2. The first-order valence-corrected chi connectivity index (χ1v) is 8.66. The number of anilines is 1. The van der Waals surface area contributed by atoms with E-state index >= 15 is 0 Å². The van der Waals surface area contributed by atoms with Crippen LogP contribution in [0.25, 0.3) is 0 Å². The molecule has 2 amide bonds. The van der Waals surface area contributed by atoms with Crippen molar-refractivity contribution in [1.29, 1.82) is 0 Å². The van der Waals surface area contributed by atoms with Gasteiger partial charge in [-0.05, 0) is 49.6 Å². The van der Waals surface area contributed by atoms with Gasteiger partial charge < -0.3 is 5.32 Å². The molecule has 2 N–H and O–H groups in total. The lowest BCUT2D eigenvalue weighted by atomic mass is 10.1. The van der Waals surface area contributed by atoms with Crippen molar-refractivity contribution >= 4 is 23.2 Å². The van der Waals surface area contributed by atoms with Gasteiger partial charge in [0.15, 0.2) is 0 Å². The summed E-state index contributed by atoms with van der Waals surface area (Å²) in [5, 5.41) is 6.97. The average molecular weight is 351 g/mol. The van der Waals surface area contributed by atoms with Gasteiger partial charge in [-0.15, -0.1) is 0 Å². The molecule has 0 saturated heterocycles. The second-order valence-electron chi connectivity index (χ2n) is 6.73. The lowest BCUT2D eigenvalue weighted by Crippen LogP contribution is -2.19. The van der Waals surface area contributed by atoms with Crippen LogP contribution in [-0.2, 0) is 4.79 Å². The fourth-order valence-corrected chi connectivity index (χ4v) is 2.35. The first-order valence-electron chi connectivity index (χ1n) is 8.66. The molecule has 0 aliphatic carbocycles. The number of nitrogens with one attached hydrogen (secondary N) is 2. The minimum absolute atomic E-state index is 0.0319. The van der Waals surface area contributed by atoms with Crippen molar-refractivity contribution in [2.24, 2.45) is 11.0 Å². The van der Waals surface area contributed by atoms with Gasteiger partial charge in [0.25, 0.3) is 5.91 Å². The molecule has 0 fully saturated rings. The van der Waals surface area contributed by atoms with Crippen LogP contribution in [0, 0.1) is 12.8 Å². The molecule has 0 saturated carbocycles. The zero-order valence-electron chi connectivity index (χ0n) is 15.7. The molecule has 0 unspecified atom stereocenters. The Labute approximate surface area is 154 Å². The van der Waals surface area contributed by atoms with Crippen LogP contribution in [0.3, 0.4) is 0 Å². The Balaban J connectivity index is 1.96. The molecule has 0 radical (unpaired) electrons. The molecular formula is C21H25N3O2. The minimum Gasteiger partial charge on any atom is -0.326 e. The maximum absolute atomic E-state index is 12.2. The highest BCUT2D eigenvalue weighted by atomic mass is 16.2. The predicted octanol–water partition coefficient (Wildman–Crippen LogP) is 4.13. The quantitative estimate of drug-likeness (QED) is 0.607. The SMILES string of the molecule is CC(=NNC(=O)c1ccc(NC(=O)CC(C)C)cc1)c1ccc(C)cc1. The number of carbonyl (C=O) groups excluding carboxylic acids is 2. The van der Waals surface area contributed by atoms with Crippen molar-refractivity contribution in [3.63, 3.8) is 0 Å². The Bertz CT molecular complexity index is 791. The van der Waals surface area contributed by atoms with E-state index in [1.165, 1.54) is 5.56 Å². The number of hydrazone groups is 1. The van der Waals surface area contributed by atoms with E-state index in [0.29, 0.717) is 23.6 Å². The van der Waals surface area contributed by atoms with E-state index in [1.807, 2.05) is 52.0 Å². The Kier molecular flexibility index (Phi) is 6.67. The third-order valence-corrected chi connectivity index (χ3v) is 3.82. The number of aryl methyl sites for hydroxylation is 1. The summed E-state index contributed by atoms with van der Waals surface area (Å²) in [6.45, 7) is 7.85. The number of hydrogen-bond acceptors (Lipinski definition) is 3. The lowest BCUT2D eigenvalue weighted by molar-refractivity contribution is -0.116. The summed E-state index contributed by atoms with van der Waals surface area (Å²) in [4.78, 5) is 24.0. The largest absolute Gasteiger partial charge is 0.326 e. The van der Waals surface area contributed by atoms with Crippen molar-refractivity contribution in [2.45, 2.75) is 34.1 Å². The summed E-state index contributed by atoms with van der Waals surface area (Å²) in [5.41, 5.74) is 6.57. The minimum atomic E-state index is -0.295. The summed E-state index contributed by atoms with van der Waals surface area (Å²) in [7, 11) is 0. The van der Waals surface area contributed by atoms with Crippen molar-refractivity contribution in [3.8, 4) is 0 Å². The first kappa shape index (κ1) is 19.4. The fourth-order valence-electron chi connectivity index (χ4n) is 2.35. The van der Waals surface area contributed by atoms with Gasteiger partial charge in [0.05, 0.1) is 5.71 Å². The van der Waals surface area contributed by atoms with Gasteiger partial charge in [-0.3, -0.25) is 9.59 Å². The second-order valence-corrected chi connectivity index (χ2v) is 6.73. The van der Waals surface area contributed by atoms with Crippen molar-refractivity contribution in [3.05, 3.63) is 65.2 Å². The summed E-state index contributed by atoms with van der Waals surface area (Å²) >= 11 is 0. The van der Waals surface area contributed by atoms with E-state index in [0.717, 1.165) is 11.3 Å². The highest BCUT2D eigenvalue weighted by molar-refractivity contribution is 6.01. The Hall–Kier alpha value is -2.95.